The summed E-state index contributed by atoms with van der Waals surface area (Å²) in [6, 6.07) is 14.3. The molecule has 120 valence electrons. The molecule has 0 fully saturated rings. The van der Waals surface area contributed by atoms with Crippen molar-refractivity contribution in [1.82, 2.24) is 9.88 Å². The maximum atomic E-state index is 12.5. The van der Waals surface area contributed by atoms with Gasteiger partial charge in [0.05, 0.1) is 0 Å². The molecule has 1 aliphatic heterocycles. The van der Waals surface area contributed by atoms with Gasteiger partial charge in [-0.05, 0) is 43.5 Å². The van der Waals surface area contributed by atoms with Gasteiger partial charge in [0, 0.05) is 26.2 Å². The van der Waals surface area contributed by atoms with Crippen LogP contribution in [0.15, 0.2) is 42.5 Å². The van der Waals surface area contributed by atoms with Gasteiger partial charge < -0.3 is 9.80 Å². The van der Waals surface area contributed by atoms with E-state index in [1.807, 2.05) is 32.0 Å². The number of aromatic nitrogens is 1. The Hall–Kier alpha value is -2.36. The van der Waals surface area contributed by atoms with E-state index in [9.17, 15) is 4.79 Å². The number of anilines is 1. The molecule has 0 unspecified atom stereocenters. The van der Waals surface area contributed by atoms with Crippen LogP contribution in [0.25, 0.3) is 0 Å². The number of hydrogen-bond donors (Lipinski definition) is 0. The standard InChI is InChI=1S/C19H23N3O/c1-3-21(4-2)19(23)17-10-7-11-18(20-17)22-13-12-15-8-5-6-9-16(15)14-22/h5-11H,3-4,12-14H2,1-2H3. The number of carbonyl (C=O) groups is 1. The molecule has 0 aliphatic carbocycles. The molecule has 3 rings (SSSR count). The predicted octanol–water partition coefficient (Wildman–Crippen LogP) is 3.13. The molecule has 1 aliphatic rings. The first-order valence-corrected chi connectivity index (χ1v) is 8.31. The van der Waals surface area contributed by atoms with Crippen molar-refractivity contribution in [3.63, 3.8) is 0 Å². The maximum Gasteiger partial charge on any atom is 0.272 e. The fourth-order valence-corrected chi connectivity index (χ4v) is 3.08. The van der Waals surface area contributed by atoms with Crippen LogP contribution in [0.3, 0.4) is 0 Å². The lowest BCUT2D eigenvalue weighted by atomic mass is 10.00. The highest BCUT2D eigenvalue weighted by Crippen LogP contribution is 2.23. The number of nitrogens with zero attached hydrogens (tertiary/aromatic N) is 3. The van der Waals surface area contributed by atoms with E-state index in [4.69, 9.17) is 0 Å². The summed E-state index contributed by atoms with van der Waals surface area (Å²) >= 11 is 0. The Labute approximate surface area is 137 Å². The van der Waals surface area contributed by atoms with Gasteiger partial charge in [-0.3, -0.25) is 4.79 Å². The van der Waals surface area contributed by atoms with Crippen LogP contribution in [0.2, 0.25) is 0 Å². The molecular formula is C19H23N3O. The first-order valence-electron chi connectivity index (χ1n) is 8.31. The van der Waals surface area contributed by atoms with Crippen LogP contribution in [-0.4, -0.2) is 35.4 Å². The molecular weight excluding hydrogens is 286 g/mol. The molecule has 4 nitrogen and oxygen atoms in total. The molecule has 0 bridgehead atoms. The Morgan fingerprint density at radius 3 is 2.57 bits per heavy atom. The Bertz CT molecular complexity index is 695. The topological polar surface area (TPSA) is 36.4 Å². The zero-order valence-corrected chi connectivity index (χ0v) is 13.8. The van der Waals surface area contributed by atoms with Crippen LogP contribution in [0.5, 0.6) is 0 Å². The highest BCUT2D eigenvalue weighted by atomic mass is 16.2. The average Bonchev–Trinajstić information content (AvgIpc) is 2.62. The Balaban J connectivity index is 1.82. The molecule has 1 aromatic carbocycles. The predicted molar refractivity (Wildman–Crippen MR) is 92.7 cm³/mol. The molecule has 23 heavy (non-hydrogen) atoms. The minimum Gasteiger partial charge on any atom is -0.352 e. The van der Waals surface area contributed by atoms with Crippen LogP contribution < -0.4 is 4.90 Å². The Kier molecular flexibility index (Phi) is 4.60. The van der Waals surface area contributed by atoms with Gasteiger partial charge in [-0.1, -0.05) is 30.3 Å². The average molecular weight is 309 g/mol. The quantitative estimate of drug-likeness (QED) is 0.870. The molecule has 0 atom stereocenters. The van der Waals surface area contributed by atoms with Crippen LogP contribution in [0.1, 0.15) is 35.5 Å². The highest BCUT2D eigenvalue weighted by Gasteiger charge is 2.19. The molecule has 0 radical (unpaired) electrons. The minimum absolute atomic E-state index is 0.00857. The molecule has 2 heterocycles. The lowest BCUT2D eigenvalue weighted by Crippen LogP contribution is -2.33. The van der Waals surface area contributed by atoms with E-state index >= 15 is 0 Å². The van der Waals surface area contributed by atoms with Gasteiger partial charge in [0.15, 0.2) is 0 Å². The van der Waals surface area contributed by atoms with Crippen molar-refractivity contribution in [2.75, 3.05) is 24.5 Å². The third-order valence-electron chi connectivity index (χ3n) is 4.46. The van der Waals surface area contributed by atoms with E-state index in [1.165, 1.54) is 11.1 Å². The second kappa shape index (κ2) is 6.82. The molecule has 0 saturated carbocycles. The zero-order chi connectivity index (χ0) is 16.2. The van der Waals surface area contributed by atoms with Crippen LogP contribution >= 0.6 is 0 Å². The van der Waals surface area contributed by atoms with Gasteiger partial charge in [0.1, 0.15) is 11.5 Å². The van der Waals surface area contributed by atoms with Crippen LogP contribution in [-0.2, 0) is 13.0 Å². The summed E-state index contributed by atoms with van der Waals surface area (Å²) < 4.78 is 0. The SMILES string of the molecule is CCN(CC)C(=O)c1cccc(N2CCc3ccccc3C2)n1. The zero-order valence-electron chi connectivity index (χ0n) is 13.8. The van der Waals surface area contributed by atoms with Crippen molar-refractivity contribution < 1.29 is 4.79 Å². The Morgan fingerprint density at radius 2 is 1.83 bits per heavy atom. The minimum atomic E-state index is 0.00857. The second-order valence-corrected chi connectivity index (χ2v) is 5.80. The van der Waals surface area contributed by atoms with Crippen LogP contribution in [0, 0.1) is 0 Å². The number of pyridine rings is 1. The van der Waals surface area contributed by atoms with Crippen molar-refractivity contribution in [3.8, 4) is 0 Å². The molecule has 4 heteroatoms. The van der Waals surface area contributed by atoms with E-state index in [2.05, 4.69) is 34.1 Å². The van der Waals surface area contributed by atoms with Crippen molar-refractivity contribution in [1.29, 1.82) is 0 Å². The third kappa shape index (κ3) is 3.21. The van der Waals surface area contributed by atoms with E-state index in [0.29, 0.717) is 18.8 Å². The van der Waals surface area contributed by atoms with E-state index in [0.717, 1.165) is 25.3 Å². The van der Waals surface area contributed by atoms with Gasteiger partial charge in [-0.2, -0.15) is 0 Å². The van der Waals surface area contributed by atoms with Crippen molar-refractivity contribution in [3.05, 3.63) is 59.3 Å². The third-order valence-corrected chi connectivity index (χ3v) is 4.46. The van der Waals surface area contributed by atoms with Crippen LogP contribution in [0.4, 0.5) is 5.82 Å². The summed E-state index contributed by atoms with van der Waals surface area (Å²) in [5.74, 6) is 0.895. The molecule has 0 N–H and O–H groups in total. The number of amides is 1. The normalized spacial score (nSPS) is 13.6. The van der Waals surface area contributed by atoms with Gasteiger partial charge in [-0.15, -0.1) is 0 Å². The van der Waals surface area contributed by atoms with Crippen molar-refractivity contribution >= 4 is 11.7 Å². The molecule has 0 saturated heterocycles. The first-order chi connectivity index (χ1) is 11.2. The van der Waals surface area contributed by atoms with Gasteiger partial charge >= 0.3 is 0 Å². The largest absolute Gasteiger partial charge is 0.352 e. The Morgan fingerprint density at radius 1 is 1.09 bits per heavy atom. The molecule has 2 aromatic rings. The van der Waals surface area contributed by atoms with Gasteiger partial charge in [-0.25, -0.2) is 4.98 Å². The summed E-state index contributed by atoms with van der Waals surface area (Å²) in [6.45, 7) is 7.19. The lowest BCUT2D eigenvalue weighted by molar-refractivity contribution is 0.0767. The fraction of sp³-hybridized carbons (Fsp3) is 0.368. The van der Waals surface area contributed by atoms with Crippen molar-refractivity contribution in [2.24, 2.45) is 0 Å². The number of hydrogen-bond acceptors (Lipinski definition) is 3. The fourth-order valence-electron chi connectivity index (χ4n) is 3.08. The smallest absolute Gasteiger partial charge is 0.272 e. The maximum absolute atomic E-state index is 12.5. The summed E-state index contributed by atoms with van der Waals surface area (Å²) in [4.78, 5) is 21.2. The number of rotatable bonds is 4. The van der Waals surface area contributed by atoms with Gasteiger partial charge in [0.2, 0.25) is 0 Å². The summed E-state index contributed by atoms with van der Waals surface area (Å²) in [6.07, 6.45) is 1.02. The second-order valence-electron chi connectivity index (χ2n) is 5.80. The van der Waals surface area contributed by atoms with E-state index in [1.54, 1.807) is 4.90 Å². The lowest BCUT2D eigenvalue weighted by Gasteiger charge is -2.30. The summed E-state index contributed by atoms with van der Waals surface area (Å²) in [5, 5.41) is 0. The monoisotopic (exact) mass is 309 g/mol. The van der Waals surface area contributed by atoms with E-state index < -0.39 is 0 Å². The number of fused-ring (bicyclic) bond motifs is 1. The van der Waals surface area contributed by atoms with E-state index in [-0.39, 0.29) is 5.91 Å². The van der Waals surface area contributed by atoms with Crippen molar-refractivity contribution in [2.45, 2.75) is 26.8 Å². The number of carbonyl (C=O) groups excluding carboxylic acids is 1. The summed E-state index contributed by atoms with van der Waals surface area (Å²) in [5.41, 5.74) is 3.30. The molecule has 1 amide bonds. The summed E-state index contributed by atoms with van der Waals surface area (Å²) in [7, 11) is 0. The molecule has 0 spiro atoms. The number of benzene rings is 1. The molecule has 1 aromatic heterocycles. The van der Waals surface area contributed by atoms with Gasteiger partial charge in [0.25, 0.3) is 5.91 Å². The first kappa shape index (κ1) is 15.5. The highest BCUT2D eigenvalue weighted by molar-refractivity contribution is 5.92.